The molecule has 1 aliphatic rings. The third kappa shape index (κ3) is 3.60. The van der Waals surface area contributed by atoms with Crippen molar-refractivity contribution in [2.45, 2.75) is 6.18 Å². The molecule has 0 atom stereocenters. The quantitative estimate of drug-likeness (QED) is 0.778. The molecule has 1 aromatic heterocycles. The first kappa shape index (κ1) is 17.7. The number of rotatable bonds is 2. The molecule has 2 amide bonds. The summed E-state index contributed by atoms with van der Waals surface area (Å²) in [7, 11) is 0. The van der Waals surface area contributed by atoms with E-state index >= 15 is 0 Å². The number of aromatic nitrogens is 2. The number of hydrogen-bond acceptors (Lipinski definition) is 6. The highest BCUT2D eigenvalue weighted by Crippen LogP contribution is 2.29. The van der Waals surface area contributed by atoms with Crippen molar-refractivity contribution in [1.82, 2.24) is 19.9 Å². The smallest absolute Gasteiger partial charge is 0.471 e. The highest BCUT2D eigenvalue weighted by Gasteiger charge is 2.38. The molecular formula is C15H12F3N4O4-. The zero-order chi connectivity index (χ0) is 18.9. The molecule has 2 aromatic rings. The van der Waals surface area contributed by atoms with Crippen molar-refractivity contribution in [3.05, 3.63) is 35.7 Å². The number of nitrogens with zero attached hydrogens (tertiary/aromatic N) is 4. The van der Waals surface area contributed by atoms with E-state index in [-0.39, 0.29) is 43.5 Å². The van der Waals surface area contributed by atoms with Crippen LogP contribution in [0.5, 0.6) is 0 Å². The van der Waals surface area contributed by atoms with Crippen LogP contribution >= 0.6 is 0 Å². The predicted molar refractivity (Wildman–Crippen MR) is 77.6 cm³/mol. The molecule has 1 aromatic carbocycles. The maximum Gasteiger partial charge on any atom is 0.471 e. The first-order chi connectivity index (χ1) is 12.3. The van der Waals surface area contributed by atoms with Crippen molar-refractivity contribution >= 4 is 12.0 Å². The van der Waals surface area contributed by atoms with E-state index in [1.165, 1.54) is 29.2 Å². The Morgan fingerprint density at radius 1 is 1.04 bits per heavy atom. The molecule has 0 aliphatic carbocycles. The topological polar surface area (TPSA) is 103 Å². The molecule has 138 valence electrons. The summed E-state index contributed by atoms with van der Waals surface area (Å²) < 4.78 is 41.6. The van der Waals surface area contributed by atoms with E-state index in [0.29, 0.717) is 5.56 Å². The molecular weight excluding hydrogens is 357 g/mol. The van der Waals surface area contributed by atoms with Crippen molar-refractivity contribution in [2.75, 3.05) is 26.2 Å². The molecule has 2 heterocycles. The predicted octanol–water partition coefficient (Wildman–Crippen LogP) is 0.857. The molecule has 0 unspecified atom stereocenters. The van der Waals surface area contributed by atoms with Crippen LogP contribution < -0.4 is 5.11 Å². The van der Waals surface area contributed by atoms with Gasteiger partial charge < -0.3 is 24.2 Å². The second-order valence-electron chi connectivity index (χ2n) is 5.54. The van der Waals surface area contributed by atoms with Crippen LogP contribution in [0.3, 0.4) is 0 Å². The monoisotopic (exact) mass is 369 g/mol. The summed E-state index contributed by atoms with van der Waals surface area (Å²) in [4.78, 5) is 29.0. The second-order valence-corrected chi connectivity index (χ2v) is 5.54. The Balaban J connectivity index is 1.69. The second kappa shape index (κ2) is 6.65. The van der Waals surface area contributed by atoms with Gasteiger partial charge in [-0.1, -0.05) is 17.3 Å². The number of halogens is 3. The molecule has 1 saturated heterocycles. The summed E-state index contributed by atoms with van der Waals surface area (Å²) in [5.41, 5.74) is 0.581. The summed E-state index contributed by atoms with van der Waals surface area (Å²) >= 11 is 0. The van der Waals surface area contributed by atoms with Crippen molar-refractivity contribution in [3.8, 4) is 11.4 Å². The molecule has 0 N–H and O–H groups in total. The Labute approximate surface area is 144 Å². The summed E-state index contributed by atoms with van der Waals surface area (Å²) in [5.74, 6) is -1.99. The van der Waals surface area contributed by atoms with Crippen LogP contribution in [0.4, 0.5) is 18.0 Å². The average molecular weight is 369 g/mol. The van der Waals surface area contributed by atoms with Gasteiger partial charge in [0.15, 0.2) is 0 Å². The number of amides is 2. The lowest BCUT2D eigenvalue weighted by Gasteiger charge is -2.36. The van der Waals surface area contributed by atoms with Crippen molar-refractivity contribution in [3.63, 3.8) is 0 Å². The maximum atomic E-state index is 12.5. The Morgan fingerprint density at radius 2 is 1.62 bits per heavy atom. The zero-order valence-corrected chi connectivity index (χ0v) is 13.2. The summed E-state index contributed by atoms with van der Waals surface area (Å²) in [6.07, 6.45) is -6.01. The van der Waals surface area contributed by atoms with E-state index < -0.39 is 18.2 Å². The number of carbonyl (C=O) groups is 2. The number of alkyl halides is 3. The van der Waals surface area contributed by atoms with Gasteiger partial charge in [-0.15, -0.1) is 0 Å². The van der Waals surface area contributed by atoms with Crippen LogP contribution in [0.25, 0.3) is 11.4 Å². The zero-order valence-electron chi connectivity index (χ0n) is 13.2. The average Bonchev–Trinajstić information content (AvgIpc) is 3.12. The largest absolute Gasteiger partial charge is 0.530 e. The van der Waals surface area contributed by atoms with Crippen molar-refractivity contribution in [2.24, 2.45) is 0 Å². The summed E-state index contributed by atoms with van der Waals surface area (Å²) in [6, 6.07) is 5.70. The standard InChI is InChI=1S/C15H13F3N4O4/c16-15(17,18)13-19-11(20-26-13)9-1-3-10(4-2-9)12(23)21-5-7-22(8-6-21)14(24)25/h1-4H,5-8H2,(H,24,25)/p-1. The highest BCUT2D eigenvalue weighted by molar-refractivity contribution is 5.94. The van der Waals surface area contributed by atoms with Crippen LogP contribution in [-0.4, -0.2) is 58.1 Å². The van der Waals surface area contributed by atoms with Gasteiger partial charge in [0.25, 0.3) is 5.91 Å². The van der Waals surface area contributed by atoms with Crippen LogP contribution in [0, 0.1) is 0 Å². The van der Waals surface area contributed by atoms with Gasteiger partial charge in [0.05, 0.1) is 0 Å². The lowest BCUT2D eigenvalue weighted by molar-refractivity contribution is -0.266. The van der Waals surface area contributed by atoms with Gasteiger partial charge in [0.1, 0.15) is 6.09 Å². The Hall–Kier alpha value is -3.11. The first-order valence-electron chi connectivity index (χ1n) is 7.52. The van der Waals surface area contributed by atoms with Gasteiger partial charge in [-0.05, 0) is 12.1 Å². The lowest BCUT2D eigenvalue weighted by Crippen LogP contribution is -2.53. The molecule has 0 spiro atoms. The minimum absolute atomic E-state index is 0.162. The fourth-order valence-corrected chi connectivity index (χ4v) is 2.49. The number of hydrogen-bond donors (Lipinski definition) is 0. The fraction of sp³-hybridized carbons (Fsp3) is 0.333. The summed E-state index contributed by atoms with van der Waals surface area (Å²) in [6.45, 7) is 0.785. The Bertz CT molecular complexity index is 811. The minimum Gasteiger partial charge on any atom is -0.530 e. The fourth-order valence-electron chi connectivity index (χ4n) is 2.49. The molecule has 0 bridgehead atoms. The van der Waals surface area contributed by atoms with Crippen LogP contribution in [0.1, 0.15) is 16.2 Å². The molecule has 3 rings (SSSR count). The van der Waals surface area contributed by atoms with Gasteiger partial charge in [0.2, 0.25) is 5.82 Å². The minimum atomic E-state index is -4.73. The molecule has 26 heavy (non-hydrogen) atoms. The number of carbonyl (C=O) groups excluding carboxylic acids is 2. The highest BCUT2D eigenvalue weighted by atomic mass is 19.4. The molecule has 1 fully saturated rings. The van der Waals surface area contributed by atoms with E-state index in [4.69, 9.17) is 0 Å². The van der Waals surface area contributed by atoms with Gasteiger partial charge in [-0.25, -0.2) is 0 Å². The maximum absolute atomic E-state index is 12.5. The molecule has 11 heteroatoms. The van der Waals surface area contributed by atoms with E-state index in [1.54, 1.807) is 0 Å². The van der Waals surface area contributed by atoms with Crippen LogP contribution in [-0.2, 0) is 6.18 Å². The molecule has 8 nitrogen and oxygen atoms in total. The third-order valence-corrected chi connectivity index (χ3v) is 3.88. The van der Waals surface area contributed by atoms with Gasteiger partial charge in [-0.3, -0.25) is 4.79 Å². The SMILES string of the molecule is O=C([O-])N1CCN(C(=O)c2ccc(-c3noc(C(F)(F)F)n3)cc2)CC1. The van der Waals surface area contributed by atoms with E-state index in [0.717, 1.165) is 4.90 Å². The number of piperazine rings is 1. The normalized spacial score (nSPS) is 15.2. The first-order valence-corrected chi connectivity index (χ1v) is 7.52. The number of carboxylic acid groups (broad SMARTS) is 1. The van der Waals surface area contributed by atoms with Crippen molar-refractivity contribution < 1.29 is 32.4 Å². The van der Waals surface area contributed by atoms with Crippen LogP contribution in [0.15, 0.2) is 28.8 Å². The van der Waals surface area contributed by atoms with Gasteiger partial charge in [-0.2, -0.15) is 18.2 Å². The summed E-state index contributed by atoms with van der Waals surface area (Å²) in [5, 5.41) is 14.0. The van der Waals surface area contributed by atoms with E-state index in [2.05, 4.69) is 14.7 Å². The third-order valence-electron chi connectivity index (χ3n) is 3.88. The van der Waals surface area contributed by atoms with Gasteiger partial charge >= 0.3 is 12.1 Å². The van der Waals surface area contributed by atoms with E-state index in [9.17, 15) is 27.9 Å². The number of benzene rings is 1. The van der Waals surface area contributed by atoms with E-state index in [1.807, 2.05) is 0 Å². The molecule has 0 saturated carbocycles. The Kier molecular flexibility index (Phi) is 4.53. The van der Waals surface area contributed by atoms with Crippen LogP contribution in [0.2, 0.25) is 0 Å². The van der Waals surface area contributed by atoms with Crippen molar-refractivity contribution in [1.29, 1.82) is 0 Å². The Morgan fingerprint density at radius 3 is 2.12 bits per heavy atom. The molecule has 1 aliphatic heterocycles. The lowest BCUT2D eigenvalue weighted by atomic mass is 10.1. The molecule has 0 radical (unpaired) electrons. The van der Waals surface area contributed by atoms with Gasteiger partial charge in [0, 0.05) is 37.3 Å².